The number of hydrogen-bond donors (Lipinski definition) is 0. The van der Waals surface area contributed by atoms with Crippen LogP contribution in [0.25, 0.3) is 0 Å². The van der Waals surface area contributed by atoms with E-state index in [0.717, 1.165) is 0 Å². The summed E-state index contributed by atoms with van der Waals surface area (Å²) in [6.45, 7) is 13.9. The summed E-state index contributed by atoms with van der Waals surface area (Å²) in [5, 5.41) is 0. The van der Waals surface area contributed by atoms with Gasteiger partial charge in [0.05, 0.1) is 0 Å². The first-order valence-electron chi connectivity index (χ1n) is 4.04. The average Bonchev–Trinajstić information content (AvgIpc) is 1.53. The van der Waals surface area contributed by atoms with E-state index >= 15 is 0 Å². The molecule has 0 amide bonds. The van der Waals surface area contributed by atoms with Crippen molar-refractivity contribution < 1.29 is 25.8 Å². The van der Waals surface area contributed by atoms with Crippen LogP contribution in [-0.2, 0) is 8.85 Å². The van der Waals surface area contributed by atoms with E-state index in [9.17, 15) is 0 Å². The normalized spacial score (nSPS) is 11.1. The Morgan fingerprint density at radius 2 is 1.23 bits per heavy atom. The van der Waals surface area contributed by atoms with Crippen LogP contribution in [0.4, 0.5) is 0 Å². The van der Waals surface area contributed by atoms with Gasteiger partial charge in [-0.05, 0) is 34.2 Å². The summed E-state index contributed by atoms with van der Waals surface area (Å²) in [4.78, 5) is 0. The molecule has 0 saturated heterocycles. The quantitative estimate of drug-likeness (QED) is 0.481. The first-order chi connectivity index (χ1) is 4.83. The molecule has 0 radical (unpaired) electrons. The molecule has 0 aliphatic heterocycles. The van der Waals surface area contributed by atoms with Gasteiger partial charge in [0.15, 0.2) is 8.56 Å². The molecule has 0 N–H and O–H groups in total. The van der Waals surface area contributed by atoms with Gasteiger partial charge >= 0.3 is 23.1 Å². The van der Waals surface area contributed by atoms with Crippen LogP contribution in [0.1, 0.15) is 27.7 Å². The SMILES string of the molecule is [Br-].[CH2-][Si](C)(OC(C)C)OC(C)C.[Mg+2]. The van der Waals surface area contributed by atoms with Crippen molar-refractivity contribution in [3.63, 3.8) is 0 Å². The van der Waals surface area contributed by atoms with Crippen LogP contribution in [-0.4, -0.2) is 43.8 Å². The predicted molar refractivity (Wildman–Crippen MR) is 55.2 cm³/mol. The first-order valence-corrected chi connectivity index (χ1v) is 6.57. The molecule has 0 saturated carbocycles. The first kappa shape index (κ1) is 19.9. The number of rotatable bonds is 4. The van der Waals surface area contributed by atoms with E-state index in [-0.39, 0.29) is 52.2 Å². The molecule has 0 unspecified atom stereocenters. The summed E-state index contributed by atoms with van der Waals surface area (Å²) in [6.07, 6.45) is 0.422. The molecular formula is C8H19BrMgO2Si. The maximum atomic E-state index is 5.55. The van der Waals surface area contributed by atoms with E-state index in [1.807, 2.05) is 34.2 Å². The van der Waals surface area contributed by atoms with Gasteiger partial charge in [0.1, 0.15) is 0 Å². The molecule has 0 aromatic carbocycles. The van der Waals surface area contributed by atoms with Crippen LogP contribution in [0.15, 0.2) is 0 Å². The molecule has 76 valence electrons. The summed E-state index contributed by atoms with van der Waals surface area (Å²) >= 11 is 0. The van der Waals surface area contributed by atoms with Crippen molar-refractivity contribution in [1.82, 2.24) is 0 Å². The fourth-order valence-corrected chi connectivity index (χ4v) is 3.07. The van der Waals surface area contributed by atoms with Gasteiger partial charge in [0.25, 0.3) is 0 Å². The monoisotopic (exact) mass is 278 g/mol. The Kier molecular flexibility index (Phi) is 13.3. The Balaban J connectivity index is -0.000000500. The third kappa shape index (κ3) is 13.4. The zero-order valence-corrected chi connectivity index (χ0v) is 13.3. The summed E-state index contributed by atoms with van der Waals surface area (Å²) in [5.74, 6) is 0. The van der Waals surface area contributed by atoms with Crippen LogP contribution in [0.3, 0.4) is 0 Å². The van der Waals surface area contributed by atoms with E-state index in [1.165, 1.54) is 0 Å². The minimum absolute atomic E-state index is 0. The van der Waals surface area contributed by atoms with Gasteiger partial charge in [0.2, 0.25) is 0 Å². The molecule has 13 heavy (non-hydrogen) atoms. The van der Waals surface area contributed by atoms with Crippen molar-refractivity contribution in [1.29, 1.82) is 0 Å². The van der Waals surface area contributed by atoms with Crippen molar-refractivity contribution >= 4 is 31.6 Å². The Morgan fingerprint density at radius 1 is 1.00 bits per heavy atom. The van der Waals surface area contributed by atoms with Gasteiger partial charge in [-0.15, -0.1) is 0 Å². The Hall–Kier alpha value is 1.38. The largest absolute Gasteiger partial charge is 2.00 e. The Bertz CT molecular complexity index is 109. The molecule has 2 nitrogen and oxygen atoms in total. The molecule has 0 fully saturated rings. The van der Waals surface area contributed by atoms with Crippen LogP contribution < -0.4 is 17.0 Å². The van der Waals surface area contributed by atoms with Crippen molar-refractivity contribution in [2.45, 2.75) is 46.4 Å². The van der Waals surface area contributed by atoms with Gasteiger partial charge in [-0.1, -0.05) is 0 Å². The summed E-state index contributed by atoms with van der Waals surface area (Å²) in [5.41, 5.74) is 0. The number of halogens is 1. The second kappa shape index (κ2) is 8.67. The third-order valence-corrected chi connectivity index (χ3v) is 2.91. The maximum absolute atomic E-state index is 5.55. The Labute approximate surface area is 110 Å². The molecule has 0 heterocycles. The van der Waals surface area contributed by atoms with Gasteiger partial charge in [0, 0.05) is 12.2 Å². The maximum Gasteiger partial charge on any atom is 2.00 e. The van der Waals surface area contributed by atoms with Crippen molar-refractivity contribution in [2.24, 2.45) is 0 Å². The van der Waals surface area contributed by atoms with Crippen molar-refractivity contribution in [3.8, 4) is 0 Å². The second-order valence-electron chi connectivity index (χ2n) is 3.47. The van der Waals surface area contributed by atoms with Crippen LogP contribution in [0.5, 0.6) is 0 Å². The van der Waals surface area contributed by atoms with E-state index in [1.54, 1.807) is 0 Å². The summed E-state index contributed by atoms with van der Waals surface area (Å²) < 4.78 is 11.1. The molecule has 5 heteroatoms. The fourth-order valence-electron chi connectivity index (χ4n) is 1.02. The van der Waals surface area contributed by atoms with Crippen LogP contribution in [0, 0.1) is 6.55 Å². The zero-order valence-electron chi connectivity index (χ0n) is 9.26. The van der Waals surface area contributed by atoms with Crippen molar-refractivity contribution in [2.75, 3.05) is 0 Å². The average molecular weight is 280 g/mol. The smallest absolute Gasteiger partial charge is 1.00 e. The molecular weight excluding hydrogens is 260 g/mol. The van der Waals surface area contributed by atoms with E-state index in [4.69, 9.17) is 8.85 Å². The zero-order chi connectivity index (χ0) is 9.07. The molecule has 0 aromatic rings. The molecule has 0 aromatic heterocycles. The predicted octanol–water partition coefficient (Wildman–Crippen LogP) is -1.10. The second-order valence-corrected chi connectivity index (χ2v) is 6.21. The molecule has 0 rings (SSSR count). The van der Waals surface area contributed by atoms with Gasteiger partial charge in [-0.3, -0.25) is 6.55 Å². The molecule has 0 aliphatic carbocycles. The molecule has 0 aliphatic rings. The van der Waals surface area contributed by atoms with E-state index in [0.29, 0.717) is 0 Å². The van der Waals surface area contributed by atoms with Gasteiger partial charge in [-0.2, -0.15) is 0 Å². The van der Waals surface area contributed by atoms with Crippen LogP contribution in [0.2, 0.25) is 6.55 Å². The standard InChI is InChI=1S/C8H19O2Si.BrH.Mg/c1-7(2)9-11(5,6)10-8(3)4;;/h7-8H,5H2,1-4,6H3;1H;/q-1;;+2/p-1. The summed E-state index contributed by atoms with van der Waals surface area (Å²) in [6, 6.07) is 0. The van der Waals surface area contributed by atoms with Crippen molar-refractivity contribution in [3.05, 3.63) is 6.55 Å². The summed E-state index contributed by atoms with van der Waals surface area (Å²) in [7, 11) is -2.08. The number of hydrogen-bond acceptors (Lipinski definition) is 2. The molecule has 0 spiro atoms. The fraction of sp³-hybridized carbons (Fsp3) is 0.875. The van der Waals surface area contributed by atoms with Crippen LogP contribution >= 0.6 is 0 Å². The van der Waals surface area contributed by atoms with E-state index < -0.39 is 8.56 Å². The van der Waals surface area contributed by atoms with E-state index in [2.05, 4.69) is 6.55 Å². The minimum atomic E-state index is -2.08. The molecule has 0 atom stereocenters. The van der Waals surface area contributed by atoms with Gasteiger partial charge < -0.3 is 25.8 Å². The van der Waals surface area contributed by atoms with Gasteiger partial charge in [-0.25, -0.2) is 0 Å². The topological polar surface area (TPSA) is 18.5 Å². The minimum Gasteiger partial charge on any atom is -1.00 e. The third-order valence-electron chi connectivity index (χ3n) is 0.970. The molecule has 0 bridgehead atoms. The Morgan fingerprint density at radius 3 is 1.38 bits per heavy atom.